The summed E-state index contributed by atoms with van der Waals surface area (Å²) in [5.41, 5.74) is 1.23. The van der Waals surface area contributed by atoms with Gasteiger partial charge in [-0.25, -0.2) is 9.97 Å². The highest BCUT2D eigenvalue weighted by atomic mass is 16.5. The van der Waals surface area contributed by atoms with Gasteiger partial charge in [0.2, 0.25) is 0 Å². The third-order valence-electron chi connectivity index (χ3n) is 4.73. The molecule has 1 aliphatic heterocycles. The fourth-order valence-electron chi connectivity index (χ4n) is 3.02. The zero-order valence-corrected chi connectivity index (χ0v) is 15.8. The van der Waals surface area contributed by atoms with E-state index in [4.69, 9.17) is 9.47 Å². The number of aromatic nitrogens is 3. The molecule has 27 heavy (non-hydrogen) atoms. The molecule has 0 spiro atoms. The molecule has 8 heteroatoms. The summed E-state index contributed by atoms with van der Waals surface area (Å²) < 4.78 is 12.4. The maximum absolute atomic E-state index is 12.8. The monoisotopic (exact) mass is 372 g/mol. The molecular weight excluding hydrogens is 348 g/mol. The molecule has 0 aromatic carbocycles. The number of likely N-dealkylation sites (tertiary alicyclic amines) is 1. The number of pyridine rings is 1. The van der Waals surface area contributed by atoms with Crippen molar-refractivity contribution in [3.8, 4) is 11.8 Å². The average Bonchev–Trinajstić information content (AvgIpc) is 2.70. The third-order valence-corrected chi connectivity index (χ3v) is 4.73. The van der Waals surface area contributed by atoms with Crippen molar-refractivity contribution in [3.63, 3.8) is 0 Å². The first-order valence-electron chi connectivity index (χ1n) is 9.03. The van der Waals surface area contributed by atoms with Gasteiger partial charge in [0.25, 0.3) is 11.5 Å². The first-order valence-corrected chi connectivity index (χ1v) is 9.03. The normalized spacial score (nSPS) is 14.9. The summed E-state index contributed by atoms with van der Waals surface area (Å²) in [6.07, 6.45) is 7.31. The second-order valence-electron chi connectivity index (χ2n) is 6.54. The van der Waals surface area contributed by atoms with E-state index < -0.39 is 0 Å². The first kappa shape index (κ1) is 18.9. The van der Waals surface area contributed by atoms with E-state index in [9.17, 15) is 9.59 Å². The Balaban J connectivity index is 1.62. The van der Waals surface area contributed by atoms with Crippen LogP contribution in [0, 0.1) is 0 Å². The molecule has 0 bridgehead atoms. The molecule has 0 unspecified atom stereocenters. The lowest BCUT2D eigenvalue weighted by atomic mass is 10.1. The van der Waals surface area contributed by atoms with Gasteiger partial charge >= 0.3 is 6.01 Å². The van der Waals surface area contributed by atoms with E-state index in [0.29, 0.717) is 43.3 Å². The minimum Gasteiger partial charge on any atom is -0.496 e. The van der Waals surface area contributed by atoms with Crippen molar-refractivity contribution in [2.45, 2.75) is 32.3 Å². The van der Waals surface area contributed by atoms with Crippen LogP contribution in [-0.2, 0) is 13.5 Å². The van der Waals surface area contributed by atoms with Crippen molar-refractivity contribution in [2.75, 3.05) is 20.2 Å². The van der Waals surface area contributed by atoms with Gasteiger partial charge in [-0.05, 0) is 12.0 Å². The molecule has 0 radical (unpaired) electrons. The van der Waals surface area contributed by atoms with Gasteiger partial charge in [0.05, 0.1) is 12.7 Å². The van der Waals surface area contributed by atoms with Gasteiger partial charge in [-0.2, -0.15) is 0 Å². The van der Waals surface area contributed by atoms with Gasteiger partial charge in [-0.3, -0.25) is 9.59 Å². The quantitative estimate of drug-likeness (QED) is 0.789. The average molecular weight is 372 g/mol. The molecule has 0 aliphatic carbocycles. The second-order valence-corrected chi connectivity index (χ2v) is 6.54. The molecule has 1 saturated heterocycles. The predicted molar refractivity (Wildman–Crippen MR) is 99.2 cm³/mol. The van der Waals surface area contributed by atoms with Gasteiger partial charge in [0, 0.05) is 57.6 Å². The number of hydrogen-bond acceptors (Lipinski definition) is 6. The first-order chi connectivity index (χ1) is 13.0. The minimum absolute atomic E-state index is 0.0245. The lowest BCUT2D eigenvalue weighted by Crippen LogP contribution is -2.42. The summed E-state index contributed by atoms with van der Waals surface area (Å²) in [5, 5.41) is 0. The van der Waals surface area contributed by atoms with Crippen LogP contribution in [0.3, 0.4) is 0 Å². The highest BCUT2D eigenvalue weighted by Crippen LogP contribution is 2.21. The van der Waals surface area contributed by atoms with Crippen LogP contribution in [-0.4, -0.2) is 51.6 Å². The highest BCUT2D eigenvalue weighted by molar-refractivity contribution is 5.96. The Morgan fingerprint density at radius 2 is 1.93 bits per heavy atom. The Bertz CT molecular complexity index is 855. The molecule has 2 aromatic rings. The number of methoxy groups -OCH3 is 1. The Hall–Kier alpha value is -2.90. The fraction of sp³-hybridized carbons (Fsp3) is 0.474. The molecule has 3 heterocycles. The summed E-state index contributed by atoms with van der Waals surface area (Å²) in [4.78, 5) is 34.8. The summed E-state index contributed by atoms with van der Waals surface area (Å²) in [6, 6.07) is 1.71. The maximum Gasteiger partial charge on any atom is 0.316 e. The van der Waals surface area contributed by atoms with E-state index in [1.165, 1.54) is 23.9 Å². The van der Waals surface area contributed by atoms with Crippen molar-refractivity contribution < 1.29 is 14.3 Å². The zero-order chi connectivity index (χ0) is 19.4. The number of carbonyl (C=O) groups excluding carboxylic acids is 1. The Kier molecular flexibility index (Phi) is 5.73. The Labute approximate surface area is 157 Å². The lowest BCUT2D eigenvalue weighted by Gasteiger charge is -2.32. The summed E-state index contributed by atoms with van der Waals surface area (Å²) in [6.45, 7) is 3.16. The van der Waals surface area contributed by atoms with Crippen molar-refractivity contribution in [2.24, 2.45) is 7.05 Å². The standard InChI is InChI=1S/C19H24N4O4/c1-4-13-10-20-19(21-11-13)27-14-5-7-23(8-6-14)18(25)15-12-22(2)17(24)9-16(15)26-3/h9-12,14H,4-8H2,1-3H3. The smallest absolute Gasteiger partial charge is 0.316 e. The number of nitrogens with zero attached hydrogens (tertiary/aromatic N) is 4. The minimum atomic E-state index is -0.218. The third kappa shape index (κ3) is 4.27. The van der Waals surface area contributed by atoms with Crippen LogP contribution in [0.25, 0.3) is 0 Å². The van der Waals surface area contributed by atoms with Gasteiger partial charge in [-0.1, -0.05) is 6.92 Å². The fourth-order valence-corrected chi connectivity index (χ4v) is 3.02. The summed E-state index contributed by atoms with van der Waals surface area (Å²) in [7, 11) is 3.07. The van der Waals surface area contributed by atoms with Gasteiger partial charge in [-0.15, -0.1) is 0 Å². The van der Waals surface area contributed by atoms with Crippen LogP contribution in [0.1, 0.15) is 35.7 Å². The Morgan fingerprint density at radius 3 is 2.52 bits per heavy atom. The largest absolute Gasteiger partial charge is 0.496 e. The van der Waals surface area contributed by atoms with Crippen LogP contribution < -0.4 is 15.0 Å². The molecule has 1 aliphatic rings. The number of rotatable bonds is 5. The number of aryl methyl sites for hydroxylation is 2. The number of amides is 1. The topological polar surface area (TPSA) is 86.6 Å². The molecule has 1 fully saturated rings. The number of ether oxygens (including phenoxy) is 2. The van der Waals surface area contributed by atoms with Crippen LogP contribution in [0.5, 0.6) is 11.8 Å². The van der Waals surface area contributed by atoms with E-state index in [-0.39, 0.29) is 17.6 Å². The van der Waals surface area contributed by atoms with E-state index in [1.54, 1.807) is 24.3 Å². The SMILES string of the molecule is CCc1cnc(OC2CCN(C(=O)c3cn(C)c(=O)cc3OC)CC2)nc1. The van der Waals surface area contributed by atoms with Gasteiger partial charge < -0.3 is 18.9 Å². The summed E-state index contributed by atoms with van der Waals surface area (Å²) in [5.74, 6) is 0.148. The van der Waals surface area contributed by atoms with E-state index in [2.05, 4.69) is 9.97 Å². The van der Waals surface area contributed by atoms with Crippen molar-refractivity contribution >= 4 is 5.91 Å². The van der Waals surface area contributed by atoms with Crippen LogP contribution in [0.4, 0.5) is 0 Å². The van der Waals surface area contributed by atoms with Crippen LogP contribution in [0.2, 0.25) is 0 Å². The van der Waals surface area contributed by atoms with Crippen LogP contribution >= 0.6 is 0 Å². The van der Waals surface area contributed by atoms with E-state index in [0.717, 1.165) is 12.0 Å². The second kappa shape index (κ2) is 8.20. The molecule has 2 aromatic heterocycles. The molecule has 1 amide bonds. The molecule has 0 N–H and O–H groups in total. The molecule has 0 atom stereocenters. The molecule has 8 nitrogen and oxygen atoms in total. The van der Waals surface area contributed by atoms with E-state index in [1.807, 2.05) is 6.92 Å². The lowest BCUT2D eigenvalue weighted by molar-refractivity contribution is 0.0575. The number of piperidine rings is 1. The predicted octanol–water partition coefficient (Wildman–Crippen LogP) is 1.43. The Morgan fingerprint density at radius 1 is 1.26 bits per heavy atom. The molecule has 0 saturated carbocycles. The maximum atomic E-state index is 12.8. The zero-order valence-electron chi connectivity index (χ0n) is 15.8. The summed E-state index contributed by atoms with van der Waals surface area (Å²) >= 11 is 0. The van der Waals surface area contributed by atoms with Crippen LogP contribution in [0.15, 0.2) is 29.5 Å². The molecule has 144 valence electrons. The molecule has 3 rings (SSSR count). The highest BCUT2D eigenvalue weighted by Gasteiger charge is 2.27. The van der Waals surface area contributed by atoms with E-state index >= 15 is 0 Å². The van der Waals surface area contributed by atoms with Gasteiger partial charge in [0.15, 0.2) is 0 Å². The number of hydrogen-bond donors (Lipinski definition) is 0. The number of carbonyl (C=O) groups is 1. The van der Waals surface area contributed by atoms with Gasteiger partial charge in [0.1, 0.15) is 11.9 Å². The molecular formula is C19H24N4O4. The van der Waals surface area contributed by atoms with Crippen molar-refractivity contribution in [1.82, 2.24) is 19.4 Å². The van der Waals surface area contributed by atoms with Crippen molar-refractivity contribution in [3.05, 3.63) is 46.1 Å². The van der Waals surface area contributed by atoms with Crippen molar-refractivity contribution in [1.29, 1.82) is 0 Å².